The first-order valence-electron chi connectivity index (χ1n) is 6.06. The highest BCUT2D eigenvalue weighted by molar-refractivity contribution is 5.75. The number of nitrogens with zero attached hydrogens (tertiary/aromatic N) is 1. The van der Waals surface area contributed by atoms with E-state index in [0.717, 1.165) is 26.1 Å². The first-order chi connectivity index (χ1) is 8.01. The van der Waals surface area contributed by atoms with Gasteiger partial charge in [-0.3, -0.25) is 4.79 Å². The largest absolute Gasteiger partial charge is 0.468 e. The van der Waals surface area contributed by atoms with Gasteiger partial charge in [0.25, 0.3) is 0 Å². The molecule has 0 aliphatic carbocycles. The molecule has 0 saturated carbocycles. The Morgan fingerprint density at radius 1 is 1.35 bits per heavy atom. The van der Waals surface area contributed by atoms with Crippen molar-refractivity contribution in [3.8, 4) is 0 Å². The zero-order valence-electron chi connectivity index (χ0n) is 11.7. The molecule has 0 bridgehead atoms. The molecule has 0 aromatic carbocycles. The van der Waals surface area contributed by atoms with E-state index in [0.29, 0.717) is 0 Å². The van der Waals surface area contributed by atoms with Gasteiger partial charge in [0.2, 0.25) is 0 Å². The van der Waals surface area contributed by atoms with Gasteiger partial charge in [0.05, 0.1) is 19.8 Å². The summed E-state index contributed by atoms with van der Waals surface area (Å²) in [6, 6.07) is -0.228. The van der Waals surface area contributed by atoms with Gasteiger partial charge >= 0.3 is 5.97 Å². The Bertz CT molecular complexity index is 210. The normalized spacial score (nSPS) is 13.1. The summed E-state index contributed by atoms with van der Waals surface area (Å²) in [7, 11) is 5.20. The molecule has 0 radical (unpaired) electrons. The number of methoxy groups -OCH3 is 1. The lowest BCUT2D eigenvalue weighted by Crippen LogP contribution is -2.38. The highest BCUT2D eigenvalue weighted by atomic mass is 16.5. The highest BCUT2D eigenvalue weighted by Crippen LogP contribution is 1.97. The van der Waals surface area contributed by atoms with Crippen molar-refractivity contribution in [3.05, 3.63) is 0 Å². The van der Waals surface area contributed by atoms with Crippen LogP contribution in [0.15, 0.2) is 0 Å². The van der Waals surface area contributed by atoms with Crippen LogP contribution in [0.1, 0.15) is 20.3 Å². The van der Waals surface area contributed by atoms with E-state index in [1.807, 2.05) is 20.9 Å². The second-order valence-corrected chi connectivity index (χ2v) is 4.38. The van der Waals surface area contributed by atoms with E-state index in [9.17, 15) is 4.79 Å². The lowest BCUT2D eigenvalue weighted by molar-refractivity contribution is -0.143. The molecule has 1 N–H and O–H groups in total. The summed E-state index contributed by atoms with van der Waals surface area (Å²) in [6.45, 7) is 6.47. The standard InChI is InChI=1S/C12H26N2O3/c1-10(2)17-9-8-14(4)7-6-11(13-3)12(15)16-5/h10-11,13H,6-9H2,1-5H3. The SMILES string of the molecule is CNC(CCN(C)CCOC(C)C)C(=O)OC. The molecule has 0 aliphatic heterocycles. The number of rotatable bonds is 9. The van der Waals surface area contributed by atoms with Crippen LogP contribution >= 0.6 is 0 Å². The van der Waals surface area contributed by atoms with Crippen LogP contribution in [0.2, 0.25) is 0 Å². The van der Waals surface area contributed by atoms with Gasteiger partial charge in [-0.15, -0.1) is 0 Å². The molecule has 17 heavy (non-hydrogen) atoms. The fourth-order valence-corrected chi connectivity index (χ4v) is 1.43. The summed E-state index contributed by atoms with van der Waals surface area (Å²) < 4.78 is 10.2. The molecule has 0 spiro atoms. The summed E-state index contributed by atoms with van der Waals surface area (Å²) in [5.41, 5.74) is 0. The number of esters is 1. The minimum Gasteiger partial charge on any atom is -0.468 e. The maximum absolute atomic E-state index is 11.3. The van der Waals surface area contributed by atoms with Crippen LogP contribution in [0.25, 0.3) is 0 Å². The maximum Gasteiger partial charge on any atom is 0.322 e. The molecule has 0 aliphatic rings. The van der Waals surface area contributed by atoms with Crippen LogP contribution in [0.3, 0.4) is 0 Å². The molecule has 0 aromatic heterocycles. The molecule has 5 heteroatoms. The van der Waals surface area contributed by atoms with Gasteiger partial charge in [0.15, 0.2) is 0 Å². The third-order valence-electron chi connectivity index (χ3n) is 2.56. The molecule has 5 nitrogen and oxygen atoms in total. The molecule has 0 fully saturated rings. The average molecular weight is 246 g/mol. The molecule has 0 rings (SSSR count). The van der Waals surface area contributed by atoms with Gasteiger partial charge in [-0.1, -0.05) is 0 Å². The number of hydrogen-bond donors (Lipinski definition) is 1. The van der Waals surface area contributed by atoms with Crippen molar-refractivity contribution in [2.45, 2.75) is 32.4 Å². The monoisotopic (exact) mass is 246 g/mol. The molecule has 0 amide bonds. The maximum atomic E-state index is 11.3. The smallest absolute Gasteiger partial charge is 0.322 e. The van der Waals surface area contributed by atoms with E-state index in [1.54, 1.807) is 7.05 Å². The Labute approximate surface area is 104 Å². The van der Waals surface area contributed by atoms with E-state index >= 15 is 0 Å². The number of ether oxygens (including phenoxy) is 2. The van der Waals surface area contributed by atoms with Gasteiger partial charge < -0.3 is 19.7 Å². The number of carbonyl (C=O) groups excluding carboxylic acids is 1. The quantitative estimate of drug-likeness (QED) is 0.600. The van der Waals surface area contributed by atoms with Crippen molar-refractivity contribution in [1.82, 2.24) is 10.2 Å². The van der Waals surface area contributed by atoms with Crippen LogP contribution < -0.4 is 5.32 Å². The number of hydrogen-bond acceptors (Lipinski definition) is 5. The summed E-state index contributed by atoms with van der Waals surface area (Å²) >= 11 is 0. The molecule has 102 valence electrons. The third-order valence-corrected chi connectivity index (χ3v) is 2.56. The third kappa shape index (κ3) is 8.12. The van der Waals surface area contributed by atoms with Crippen molar-refractivity contribution in [2.75, 3.05) is 40.9 Å². The van der Waals surface area contributed by atoms with Gasteiger partial charge in [-0.05, 0) is 40.9 Å². The summed E-state index contributed by atoms with van der Waals surface area (Å²) in [5, 5.41) is 2.95. The molecule has 1 atom stereocenters. The second kappa shape index (κ2) is 9.39. The first-order valence-corrected chi connectivity index (χ1v) is 6.06. The molecular weight excluding hydrogens is 220 g/mol. The summed E-state index contributed by atoms with van der Waals surface area (Å²) in [5.74, 6) is -0.209. The van der Waals surface area contributed by atoms with E-state index in [4.69, 9.17) is 9.47 Å². The Hall–Kier alpha value is -0.650. The first kappa shape index (κ1) is 16.4. The molecule has 0 saturated heterocycles. The number of nitrogens with one attached hydrogen (secondary N) is 1. The molecule has 1 unspecified atom stereocenters. The van der Waals surface area contributed by atoms with Gasteiger partial charge in [0, 0.05) is 6.54 Å². The van der Waals surface area contributed by atoms with E-state index in [1.165, 1.54) is 7.11 Å². The lowest BCUT2D eigenvalue weighted by Gasteiger charge is -2.20. The molecule has 0 aromatic rings. The number of likely N-dealkylation sites (N-methyl/N-ethyl adjacent to an activating group) is 2. The van der Waals surface area contributed by atoms with E-state index < -0.39 is 0 Å². The van der Waals surface area contributed by atoms with Crippen molar-refractivity contribution in [1.29, 1.82) is 0 Å². The van der Waals surface area contributed by atoms with Crippen LogP contribution in [-0.4, -0.2) is 63.9 Å². The second-order valence-electron chi connectivity index (χ2n) is 4.38. The Morgan fingerprint density at radius 2 is 2.00 bits per heavy atom. The zero-order valence-corrected chi connectivity index (χ0v) is 11.7. The van der Waals surface area contributed by atoms with Crippen molar-refractivity contribution in [2.24, 2.45) is 0 Å². The lowest BCUT2D eigenvalue weighted by atomic mass is 10.2. The van der Waals surface area contributed by atoms with Crippen LogP contribution in [-0.2, 0) is 14.3 Å². The van der Waals surface area contributed by atoms with E-state index in [-0.39, 0.29) is 18.1 Å². The minimum absolute atomic E-state index is 0.209. The van der Waals surface area contributed by atoms with Crippen molar-refractivity contribution < 1.29 is 14.3 Å². The van der Waals surface area contributed by atoms with Crippen molar-refractivity contribution >= 4 is 5.97 Å². The Balaban J connectivity index is 3.73. The average Bonchev–Trinajstić information content (AvgIpc) is 2.28. The highest BCUT2D eigenvalue weighted by Gasteiger charge is 2.16. The van der Waals surface area contributed by atoms with Crippen LogP contribution in [0.4, 0.5) is 0 Å². The van der Waals surface area contributed by atoms with Crippen molar-refractivity contribution in [3.63, 3.8) is 0 Å². The van der Waals surface area contributed by atoms with E-state index in [2.05, 4.69) is 10.2 Å². The fourth-order valence-electron chi connectivity index (χ4n) is 1.43. The topological polar surface area (TPSA) is 50.8 Å². The predicted molar refractivity (Wildman–Crippen MR) is 68.1 cm³/mol. The summed E-state index contributed by atoms with van der Waals surface area (Å²) in [6.07, 6.45) is 1.00. The zero-order chi connectivity index (χ0) is 13.3. The predicted octanol–water partition coefficient (Wildman–Crippen LogP) is 0.494. The molecular formula is C12H26N2O3. The summed E-state index contributed by atoms with van der Waals surface area (Å²) in [4.78, 5) is 13.5. The minimum atomic E-state index is -0.228. The van der Waals surface area contributed by atoms with Crippen LogP contribution in [0, 0.1) is 0 Å². The van der Waals surface area contributed by atoms with Crippen LogP contribution in [0.5, 0.6) is 0 Å². The van der Waals surface area contributed by atoms with Gasteiger partial charge in [-0.25, -0.2) is 0 Å². The molecule has 0 heterocycles. The van der Waals surface area contributed by atoms with Gasteiger partial charge in [0.1, 0.15) is 6.04 Å². The number of carbonyl (C=O) groups is 1. The Morgan fingerprint density at radius 3 is 2.47 bits per heavy atom. The Kier molecular flexibility index (Phi) is 9.03. The van der Waals surface area contributed by atoms with Gasteiger partial charge in [-0.2, -0.15) is 0 Å². The fraction of sp³-hybridized carbons (Fsp3) is 0.917.